The van der Waals surface area contributed by atoms with Gasteiger partial charge in [-0.05, 0) is 19.9 Å². The largest absolute Gasteiger partial charge is 0.496 e. The Hall–Kier alpha value is -1.81. The van der Waals surface area contributed by atoms with E-state index in [1.54, 1.807) is 13.4 Å². The molecule has 0 aliphatic heterocycles. The number of ether oxygens (including phenoxy) is 1. The summed E-state index contributed by atoms with van der Waals surface area (Å²) in [4.78, 5) is 7.35. The Bertz CT molecular complexity index is 507. The van der Waals surface area contributed by atoms with Crippen molar-refractivity contribution in [2.24, 2.45) is 0 Å². The molecular weight excluding hydrogens is 226 g/mol. The van der Waals surface area contributed by atoms with Gasteiger partial charge >= 0.3 is 0 Å². The molecule has 18 heavy (non-hydrogen) atoms. The lowest BCUT2D eigenvalue weighted by atomic mass is 10.1. The van der Waals surface area contributed by atoms with Crippen LogP contribution in [0.2, 0.25) is 0 Å². The van der Waals surface area contributed by atoms with Crippen LogP contribution < -0.4 is 10.1 Å². The second-order valence-electron chi connectivity index (χ2n) is 4.32. The highest BCUT2D eigenvalue weighted by Gasteiger charge is 2.11. The van der Waals surface area contributed by atoms with Crippen molar-refractivity contribution in [3.8, 4) is 5.75 Å². The molecule has 0 unspecified atom stereocenters. The molecule has 96 valence electrons. The molecule has 0 bridgehead atoms. The fraction of sp³-hybridized carbons (Fsp3) is 0.357. The van der Waals surface area contributed by atoms with Gasteiger partial charge in [-0.25, -0.2) is 4.98 Å². The smallest absolute Gasteiger partial charge is 0.123 e. The maximum Gasteiger partial charge on any atom is 0.123 e. The van der Waals surface area contributed by atoms with Gasteiger partial charge in [0.1, 0.15) is 5.75 Å². The molecule has 0 aliphatic carbocycles. The van der Waals surface area contributed by atoms with E-state index in [4.69, 9.17) is 4.74 Å². The highest BCUT2D eigenvalue weighted by atomic mass is 16.5. The molecule has 1 atom stereocenters. The summed E-state index contributed by atoms with van der Waals surface area (Å²) in [6.45, 7) is 4.90. The highest BCUT2D eigenvalue weighted by Crippen LogP contribution is 2.24. The van der Waals surface area contributed by atoms with E-state index in [2.05, 4.69) is 28.3 Å². The summed E-state index contributed by atoms with van der Waals surface area (Å²) < 4.78 is 5.37. The van der Waals surface area contributed by atoms with Crippen molar-refractivity contribution in [2.75, 3.05) is 7.11 Å². The summed E-state index contributed by atoms with van der Waals surface area (Å²) in [6.07, 6.45) is 1.72. The number of hydrogen-bond acceptors (Lipinski definition) is 3. The van der Waals surface area contributed by atoms with Crippen LogP contribution >= 0.6 is 0 Å². The second-order valence-corrected chi connectivity index (χ2v) is 4.32. The van der Waals surface area contributed by atoms with Gasteiger partial charge in [-0.2, -0.15) is 0 Å². The van der Waals surface area contributed by atoms with Gasteiger partial charge in [0, 0.05) is 23.8 Å². The third-order valence-corrected chi connectivity index (χ3v) is 3.12. The number of hydrogen-bond donors (Lipinski definition) is 2. The summed E-state index contributed by atoms with van der Waals surface area (Å²) in [6, 6.07) is 8.28. The lowest BCUT2D eigenvalue weighted by Gasteiger charge is -2.16. The van der Waals surface area contributed by atoms with Gasteiger partial charge in [0.05, 0.1) is 19.1 Å². The zero-order valence-corrected chi connectivity index (χ0v) is 11.0. The van der Waals surface area contributed by atoms with Crippen molar-refractivity contribution < 1.29 is 4.74 Å². The number of benzene rings is 1. The van der Waals surface area contributed by atoms with Gasteiger partial charge in [0.15, 0.2) is 0 Å². The Morgan fingerprint density at radius 2 is 2.17 bits per heavy atom. The summed E-state index contributed by atoms with van der Waals surface area (Å²) in [5, 5.41) is 3.45. The topological polar surface area (TPSA) is 49.9 Å². The van der Waals surface area contributed by atoms with E-state index in [1.165, 1.54) is 0 Å². The molecule has 4 nitrogen and oxygen atoms in total. The number of nitrogens with one attached hydrogen (secondary N) is 2. The normalized spacial score (nSPS) is 12.4. The number of para-hydroxylation sites is 1. The van der Waals surface area contributed by atoms with Crippen molar-refractivity contribution in [3.63, 3.8) is 0 Å². The van der Waals surface area contributed by atoms with E-state index < -0.39 is 0 Å². The molecule has 0 saturated carbocycles. The van der Waals surface area contributed by atoms with Crippen molar-refractivity contribution in [2.45, 2.75) is 26.4 Å². The van der Waals surface area contributed by atoms with Crippen LogP contribution in [0.3, 0.4) is 0 Å². The zero-order chi connectivity index (χ0) is 13.0. The van der Waals surface area contributed by atoms with Gasteiger partial charge in [-0.15, -0.1) is 0 Å². The average molecular weight is 245 g/mol. The van der Waals surface area contributed by atoms with Crippen LogP contribution in [0.25, 0.3) is 0 Å². The van der Waals surface area contributed by atoms with E-state index in [0.717, 1.165) is 29.2 Å². The van der Waals surface area contributed by atoms with Crippen LogP contribution in [0.1, 0.15) is 29.9 Å². The SMILES string of the molecule is COc1ccccc1[C@H](C)NCc1nc[nH]c1C. The van der Waals surface area contributed by atoms with Gasteiger partial charge in [0.2, 0.25) is 0 Å². The third-order valence-electron chi connectivity index (χ3n) is 3.12. The maximum absolute atomic E-state index is 5.37. The standard InChI is InChI=1S/C14H19N3O/c1-10(12-6-4-5-7-14(12)18-3)15-8-13-11(2)16-9-17-13/h4-7,9-10,15H,8H2,1-3H3,(H,16,17)/t10-/m0/s1. The van der Waals surface area contributed by atoms with Crippen LogP contribution in [0.4, 0.5) is 0 Å². The summed E-state index contributed by atoms with van der Waals surface area (Å²) >= 11 is 0. The molecule has 4 heteroatoms. The number of methoxy groups -OCH3 is 1. The van der Waals surface area contributed by atoms with Crippen LogP contribution in [0.15, 0.2) is 30.6 Å². The predicted octanol–water partition coefficient (Wildman–Crippen LogP) is 2.58. The van der Waals surface area contributed by atoms with E-state index in [-0.39, 0.29) is 6.04 Å². The molecule has 2 rings (SSSR count). The van der Waals surface area contributed by atoms with Gasteiger partial charge in [-0.1, -0.05) is 18.2 Å². The minimum Gasteiger partial charge on any atom is -0.496 e. The van der Waals surface area contributed by atoms with Crippen LogP contribution in [0, 0.1) is 6.92 Å². The highest BCUT2D eigenvalue weighted by molar-refractivity contribution is 5.35. The molecule has 2 aromatic rings. The number of nitrogens with zero attached hydrogens (tertiary/aromatic N) is 1. The first kappa shape index (κ1) is 12.6. The second kappa shape index (κ2) is 5.69. The Morgan fingerprint density at radius 1 is 1.39 bits per heavy atom. The van der Waals surface area contributed by atoms with Crippen molar-refractivity contribution >= 4 is 0 Å². The van der Waals surface area contributed by atoms with Crippen molar-refractivity contribution in [3.05, 3.63) is 47.5 Å². The van der Waals surface area contributed by atoms with E-state index in [1.807, 2.05) is 25.1 Å². The maximum atomic E-state index is 5.37. The molecule has 0 aliphatic rings. The first-order valence-corrected chi connectivity index (χ1v) is 6.07. The number of H-pyrrole nitrogens is 1. The minimum absolute atomic E-state index is 0.220. The lowest BCUT2D eigenvalue weighted by Crippen LogP contribution is -2.19. The Balaban J connectivity index is 2.03. The number of rotatable bonds is 5. The number of imidazole rings is 1. The molecule has 0 spiro atoms. The quantitative estimate of drug-likeness (QED) is 0.851. The fourth-order valence-corrected chi connectivity index (χ4v) is 1.95. The van der Waals surface area contributed by atoms with E-state index >= 15 is 0 Å². The number of aryl methyl sites for hydroxylation is 1. The lowest BCUT2D eigenvalue weighted by molar-refractivity contribution is 0.401. The minimum atomic E-state index is 0.220. The molecule has 0 radical (unpaired) electrons. The van der Waals surface area contributed by atoms with Crippen molar-refractivity contribution in [1.82, 2.24) is 15.3 Å². The van der Waals surface area contributed by atoms with Crippen LogP contribution in [-0.4, -0.2) is 17.1 Å². The molecular formula is C14H19N3O. The van der Waals surface area contributed by atoms with Gasteiger partial charge in [-0.3, -0.25) is 0 Å². The van der Waals surface area contributed by atoms with E-state index in [0.29, 0.717) is 0 Å². The molecule has 1 aromatic heterocycles. The predicted molar refractivity (Wildman–Crippen MR) is 71.6 cm³/mol. The Morgan fingerprint density at radius 3 is 2.83 bits per heavy atom. The zero-order valence-electron chi connectivity index (χ0n) is 11.0. The molecule has 0 amide bonds. The summed E-state index contributed by atoms with van der Waals surface area (Å²) in [7, 11) is 1.70. The first-order valence-electron chi connectivity index (χ1n) is 6.07. The summed E-state index contributed by atoms with van der Waals surface area (Å²) in [5.74, 6) is 0.913. The van der Waals surface area contributed by atoms with Gasteiger partial charge < -0.3 is 15.0 Å². The third kappa shape index (κ3) is 2.71. The van der Waals surface area contributed by atoms with Gasteiger partial charge in [0.25, 0.3) is 0 Å². The molecule has 2 N–H and O–H groups in total. The monoisotopic (exact) mass is 245 g/mol. The Kier molecular flexibility index (Phi) is 3.99. The average Bonchev–Trinajstić information content (AvgIpc) is 2.81. The number of aromatic nitrogens is 2. The van der Waals surface area contributed by atoms with Crippen LogP contribution in [0.5, 0.6) is 5.75 Å². The first-order chi connectivity index (χ1) is 8.72. The van der Waals surface area contributed by atoms with E-state index in [9.17, 15) is 0 Å². The number of aromatic amines is 1. The van der Waals surface area contributed by atoms with Crippen LogP contribution in [-0.2, 0) is 6.54 Å². The fourth-order valence-electron chi connectivity index (χ4n) is 1.95. The van der Waals surface area contributed by atoms with Crippen molar-refractivity contribution in [1.29, 1.82) is 0 Å². The Labute approximate surface area is 107 Å². The molecule has 0 saturated heterocycles. The molecule has 0 fully saturated rings. The molecule has 1 heterocycles. The molecule has 1 aromatic carbocycles. The summed E-state index contributed by atoms with van der Waals surface area (Å²) in [5.41, 5.74) is 3.32.